The van der Waals surface area contributed by atoms with E-state index in [1.165, 1.54) is 7.11 Å². The largest absolute Gasteiger partial charge is 0.469 e. The Hall–Kier alpha value is -0.750. The summed E-state index contributed by atoms with van der Waals surface area (Å²) < 4.78 is 9.83. The zero-order valence-corrected chi connectivity index (χ0v) is 12.5. The molecule has 0 aromatic heterocycles. The monoisotopic (exact) mass is 289 g/mol. The maximum absolute atomic E-state index is 11.9. The van der Waals surface area contributed by atoms with Gasteiger partial charge in [0, 0.05) is 24.8 Å². The number of morpholine rings is 1. The van der Waals surface area contributed by atoms with Gasteiger partial charge in [0.1, 0.15) is 0 Å². The SMILES string of the molecule is COC(=O)CC(C)SCCCC(=O)N1CCOCC1. The van der Waals surface area contributed by atoms with E-state index in [0.29, 0.717) is 39.1 Å². The third-order valence-electron chi connectivity index (χ3n) is 2.98. The summed E-state index contributed by atoms with van der Waals surface area (Å²) >= 11 is 1.71. The van der Waals surface area contributed by atoms with Gasteiger partial charge in [0.25, 0.3) is 0 Å². The number of nitrogens with zero attached hydrogens (tertiary/aromatic N) is 1. The maximum atomic E-state index is 11.9. The van der Waals surface area contributed by atoms with Gasteiger partial charge in [0.15, 0.2) is 0 Å². The first kappa shape index (κ1) is 16.3. The lowest BCUT2D eigenvalue weighted by Gasteiger charge is -2.26. The highest BCUT2D eigenvalue weighted by atomic mass is 32.2. The number of hydrogen-bond acceptors (Lipinski definition) is 5. The number of rotatable bonds is 7. The summed E-state index contributed by atoms with van der Waals surface area (Å²) in [5.41, 5.74) is 0. The lowest BCUT2D eigenvalue weighted by Crippen LogP contribution is -2.40. The number of amides is 1. The molecular formula is C13H23NO4S. The first-order chi connectivity index (χ1) is 9.13. The normalized spacial score (nSPS) is 17.1. The molecule has 1 aliphatic heterocycles. The Kier molecular flexibility index (Phi) is 7.90. The molecule has 1 heterocycles. The van der Waals surface area contributed by atoms with Crippen molar-refractivity contribution in [3.05, 3.63) is 0 Å². The van der Waals surface area contributed by atoms with E-state index in [-0.39, 0.29) is 17.1 Å². The van der Waals surface area contributed by atoms with E-state index in [1.807, 2.05) is 11.8 Å². The second kappa shape index (κ2) is 9.20. The molecule has 0 bridgehead atoms. The molecule has 0 spiro atoms. The number of thioether (sulfide) groups is 1. The summed E-state index contributed by atoms with van der Waals surface area (Å²) in [6.45, 7) is 4.73. The molecule has 6 heteroatoms. The summed E-state index contributed by atoms with van der Waals surface area (Å²) in [5, 5.41) is 0.242. The van der Waals surface area contributed by atoms with Gasteiger partial charge >= 0.3 is 5.97 Å². The van der Waals surface area contributed by atoms with Crippen LogP contribution in [0.2, 0.25) is 0 Å². The Morgan fingerprint density at radius 1 is 1.37 bits per heavy atom. The predicted molar refractivity (Wildman–Crippen MR) is 75.2 cm³/mol. The molecule has 0 aromatic rings. The zero-order chi connectivity index (χ0) is 14.1. The minimum absolute atomic E-state index is 0.176. The van der Waals surface area contributed by atoms with Crippen LogP contribution in [0.5, 0.6) is 0 Å². The molecule has 1 amide bonds. The Bertz CT molecular complexity index is 292. The first-order valence-corrected chi connectivity index (χ1v) is 7.72. The van der Waals surface area contributed by atoms with Crippen molar-refractivity contribution in [1.82, 2.24) is 4.90 Å². The van der Waals surface area contributed by atoms with Crippen LogP contribution in [0.3, 0.4) is 0 Å². The first-order valence-electron chi connectivity index (χ1n) is 6.67. The highest BCUT2D eigenvalue weighted by Gasteiger charge is 2.16. The maximum Gasteiger partial charge on any atom is 0.306 e. The Labute approximate surface area is 119 Å². The van der Waals surface area contributed by atoms with Gasteiger partial charge in [-0.15, -0.1) is 0 Å². The lowest BCUT2D eigenvalue weighted by atomic mass is 10.3. The van der Waals surface area contributed by atoms with Crippen LogP contribution in [-0.4, -0.2) is 61.2 Å². The number of carbonyl (C=O) groups is 2. The molecule has 0 radical (unpaired) electrons. The van der Waals surface area contributed by atoms with Crippen LogP contribution in [0.15, 0.2) is 0 Å². The topological polar surface area (TPSA) is 55.8 Å². The van der Waals surface area contributed by atoms with Crippen LogP contribution in [0.1, 0.15) is 26.2 Å². The second-order valence-electron chi connectivity index (χ2n) is 4.56. The van der Waals surface area contributed by atoms with Crippen molar-refractivity contribution in [3.8, 4) is 0 Å². The molecule has 1 atom stereocenters. The minimum atomic E-state index is -0.176. The Morgan fingerprint density at radius 3 is 2.68 bits per heavy atom. The highest BCUT2D eigenvalue weighted by Crippen LogP contribution is 2.16. The molecule has 0 N–H and O–H groups in total. The fourth-order valence-electron chi connectivity index (χ4n) is 1.86. The molecule has 1 rings (SSSR count). The number of hydrogen-bond donors (Lipinski definition) is 0. The van der Waals surface area contributed by atoms with Crippen molar-refractivity contribution in [2.75, 3.05) is 39.2 Å². The van der Waals surface area contributed by atoms with Crippen molar-refractivity contribution in [3.63, 3.8) is 0 Å². The molecule has 0 aliphatic carbocycles. The van der Waals surface area contributed by atoms with Gasteiger partial charge in [-0.05, 0) is 12.2 Å². The second-order valence-corrected chi connectivity index (χ2v) is 6.10. The molecule has 5 nitrogen and oxygen atoms in total. The summed E-state index contributed by atoms with van der Waals surface area (Å²) in [5.74, 6) is 0.933. The van der Waals surface area contributed by atoms with Gasteiger partial charge in [0.2, 0.25) is 5.91 Å². The molecular weight excluding hydrogens is 266 g/mol. The zero-order valence-electron chi connectivity index (χ0n) is 11.7. The van der Waals surface area contributed by atoms with Gasteiger partial charge in [-0.2, -0.15) is 11.8 Å². The molecule has 1 fully saturated rings. The highest BCUT2D eigenvalue weighted by molar-refractivity contribution is 7.99. The minimum Gasteiger partial charge on any atom is -0.469 e. The van der Waals surface area contributed by atoms with Gasteiger partial charge in [-0.1, -0.05) is 6.92 Å². The average molecular weight is 289 g/mol. The number of carbonyl (C=O) groups excluding carboxylic acids is 2. The summed E-state index contributed by atoms with van der Waals surface area (Å²) in [4.78, 5) is 24.8. The van der Waals surface area contributed by atoms with Crippen LogP contribution < -0.4 is 0 Å². The van der Waals surface area contributed by atoms with Crippen LogP contribution in [0.25, 0.3) is 0 Å². The molecule has 19 heavy (non-hydrogen) atoms. The Balaban J connectivity index is 2.06. The van der Waals surface area contributed by atoms with Gasteiger partial charge in [0.05, 0.1) is 26.7 Å². The van der Waals surface area contributed by atoms with Gasteiger partial charge in [-0.25, -0.2) is 0 Å². The molecule has 0 saturated carbocycles. The average Bonchev–Trinajstić information content (AvgIpc) is 2.44. The van der Waals surface area contributed by atoms with Crippen molar-refractivity contribution in [1.29, 1.82) is 0 Å². The van der Waals surface area contributed by atoms with Crippen molar-refractivity contribution in [2.24, 2.45) is 0 Å². The summed E-state index contributed by atoms with van der Waals surface area (Å²) in [7, 11) is 1.40. The molecule has 1 saturated heterocycles. The van der Waals surface area contributed by atoms with E-state index in [0.717, 1.165) is 12.2 Å². The standard InChI is InChI=1S/C13H23NO4S/c1-11(10-13(16)17-2)19-9-3-4-12(15)14-5-7-18-8-6-14/h11H,3-10H2,1-2H3. The van der Waals surface area contributed by atoms with E-state index in [4.69, 9.17) is 4.74 Å². The van der Waals surface area contributed by atoms with Crippen LogP contribution in [-0.2, 0) is 19.1 Å². The third-order valence-corrected chi connectivity index (χ3v) is 4.24. The predicted octanol–water partition coefficient (Wildman–Crippen LogP) is 1.31. The molecule has 1 aliphatic rings. The molecule has 0 aromatic carbocycles. The number of methoxy groups -OCH3 is 1. The summed E-state index contributed by atoms with van der Waals surface area (Å²) in [6, 6.07) is 0. The number of esters is 1. The molecule has 110 valence electrons. The van der Waals surface area contributed by atoms with Crippen molar-refractivity contribution >= 4 is 23.6 Å². The van der Waals surface area contributed by atoms with Crippen molar-refractivity contribution < 1.29 is 19.1 Å². The van der Waals surface area contributed by atoms with E-state index in [1.54, 1.807) is 11.8 Å². The van der Waals surface area contributed by atoms with Crippen molar-refractivity contribution in [2.45, 2.75) is 31.4 Å². The van der Waals surface area contributed by atoms with Crippen LogP contribution in [0, 0.1) is 0 Å². The Morgan fingerprint density at radius 2 is 2.05 bits per heavy atom. The smallest absolute Gasteiger partial charge is 0.306 e. The third kappa shape index (κ3) is 6.82. The number of ether oxygens (including phenoxy) is 2. The van der Waals surface area contributed by atoms with E-state index >= 15 is 0 Å². The van der Waals surface area contributed by atoms with Crippen LogP contribution in [0.4, 0.5) is 0 Å². The van der Waals surface area contributed by atoms with Gasteiger partial charge < -0.3 is 14.4 Å². The van der Waals surface area contributed by atoms with Crippen LogP contribution >= 0.6 is 11.8 Å². The van der Waals surface area contributed by atoms with E-state index in [2.05, 4.69) is 4.74 Å². The lowest BCUT2D eigenvalue weighted by molar-refractivity contribution is -0.140. The molecule has 1 unspecified atom stereocenters. The van der Waals surface area contributed by atoms with E-state index < -0.39 is 0 Å². The van der Waals surface area contributed by atoms with E-state index in [9.17, 15) is 9.59 Å². The fraction of sp³-hybridized carbons (Fsp3) is 0.846. The quantitative estimate of drug-likeness (QED) is 0.522. The fourth-order valence-corrected chi connectivity index (χ4v) is 2.82. The summed E-state index contributed by atoms with van der Waals surface area (Å²) in [6.07, 6.45) is 1.86. The van der Waals surface area contributed by atoms with Gasteiger partial charge in [-0.3, -0.25) is 9.59 Å².